The van der Waals surface area contributed by atoms with Crippen LogP contribution in [0, 0.1) is 0 Å². The molecule has 30 heavy (non-hydrogen) atoms. The molecule has 1 N–H and O–H groups in total. The topological polar surface area (TPSA) is 46.5 Å². The van der Waals surface area contributed by atoms with Crippen LogP contribution in [0.15, 0.2) is 78.9 Å². The van der Waals surface area contributed by atoms with Gasteiger partial charge >= 0.3 is 12.1 Å². The van der Waals surface area contributed by atoms with Gasteiger partial charge in [-0.15, -0.1) is 0 Å². The maximum atomic E-state index is 12.6. The summed E-state index contributed by atoms with van der Waals surface area (Å²) in [6.07, 6.45) is -1.000. The highest BCUT2D eigenvalue weighted by Crippen LogP contribution is 2.31. The number of aliphatic carboxylic acids is 1. The Morgan fingerprint density at radius 1 is 0.967 bits per heavy atom. The van der Waals surface area contributed by atoms with Crippen molar-refractivity contribution >= 4 is 12.0 Å². The highest BCUT2D eigenvalue weighted by molar-refractivity contribution is 5.74. The summed E-state index contributed by atoms with van der Waals surface area (Å²) in [4.78, 5) is 11.0. The van der Waals surface area contributed by atoms with E-state index in [0.29, 0.717) is 16.9 Å². The number of ether oxygens (including phenoxy) is 1. The summed E-state index contributed by atoms with van der Waals surface area (Å²) in [5.74, 6) is -0.271. The molecule has 0 fully saturated rings. The Hall–Kier alpha value is -3.54. The Labute approximate surface area is 172 Å². The van der Waals surface area contributed by atoms with Gasteiger partial charge in [-0.05, 0) is 41.0 Å². The lowest BCUT2D eigenvalue weighted by Gasteiger charge is -2.11. The Kier molecular flexibility index (Phi) is 6.57. The van der Waals surface area contributed by atoms with E-state index in [1.54, 1.807) is 24.3 Å². The lowest BCUT2D eigenvalue weighted by molar-refractivity contribution is -0.138. The van der Waals surface area contributed by atoms with Crippen molar-refractivity contribution in [1.29, 1.82) is 0 Å². The van der Waals surface area contributed by atoms with Gasteiger partial charge in [0, 0.05) is 5.56 Å². The van der Waals surface area contributed by atoms with Crippen LogP contribution < -0.4 is 4.74 Å². The van der Waals surface area contributed by atoms with Gasteiger partial charge in [-0.2, -0.15) is 13.2 Å². The monoisotopic (exact) mass is 412 g/mol. The minimum absolute atomic E-state index is 0.0628. The third kappa shape index (κ3) is 5.73. The first-order valence-corrected chi connectivity index (χ1v) is 9.19. The molecule has 3 rings (SSSR count). The second-order valence-electron chi connectivity index (χ2n) is 6.60. The fourth-order valence-corrected chi connectivity index (χ4v) is 2.96. The number of carboxylic acid groups (broad SMARTS) is 1. The SMILES string of the molecule is O=C(O)Cc1cccc(-c2ccccc2OCC=Cc2ccc(C(F)(F)F)cc2)c1. The summed E-state index contributed by atoms with van der Waals surface area (Å²) in [6, 6.07) is 19.5. The fourth-order valence-electron chi connectivity index (χ4n) is 2.96. The van der Waals surface area contributed by atoms with Gasteiger partial charge in [-0.25, -0.2) is 0 Å². The van der Waals surface area contributed by atoms with Crippen molar-refractivity contribution in [3.8, 4) is 16.9 Å². The van der Waals surface area contributed by atoms with Gasteiger partial charge in [0.05, 0.1) is 12.0 Å². The van der Waals surface area contributed by atoms with Crippen molar-refractivity contribution in [2.75, 3.05) is 6.61 Å². The molecular weight excluding hydrogens is 393 g/mol. The molecule has 0 amide bonds. The Morgan fingerprint density at radius 3 is 2.40 bits per heavy atom. The number of alkyl halides is 3. The maximum absolute atomic E-state index is 12.6. The zero-order valence-corrected chi connectivity index (χ0v) is 15.9. The van der Waals surface area contributed by atoms with E-state index in [-0.39, 0.29) is 13.0 Å². The number of carboxylic acids is 1. The summed E-state index contributed by atoms with van der Waals surface area (Å²) < 4.78 is 43.7. The molecule has 0 aliphatic heterocycles. The van der Waals surface area contributed by atoms with Gasteiger partial charge in [0.1, 0.15) is 12.4 Å². The van der Waals surface area contributed by atoms with Gasteiger partial charge in [0.2, 0.25) is 0 Å². The molecule has 154 valence electrons. The number of carbonyl (C=O) groups is 1. The van der Waals surface area contributed by atoms with Crippen molar-refractivity contribution in [2.45, 2.75) is 12.6 Å². The van der Waals surface area contributed by atoms with Crippen molar-refractivity contribution < 1.29 is 27.8 Å². The molecule has 0 radical (unpaired) electrons. The maximum Gasteiger partial charge on any atom is 0.416 e. The van der Waals surface area contributed by atoms with E-state index in [2.05, 4.69) is 0 Å². The number of halogens is 3. The molecule has 0 bridgehead atoms. The van der Waals surface area contributed by atoms with Crippen molar-refractivity contribution in [3.05, 3.63) is 95.6 Å². The van der Waals surface area contributed by atoms with E-state index in [4.69, 9.17) is 9.84 Å². The van der Waals surface area contributed by atoms with E-state index in [9.17, 15) is 18.0 Å². The number of hydrogen-bond acceptors (Lipinski definition) is 2. The molecule has 0 aromatic heterocycles. The largest absolute Gasteiger partial charge is 0.489 e. The predicted molar refractivity (Wildman–Crippen MR) is 109 cm³/mol. The van der Waals surface area contributed by atoms with Crippen LogP contribution in [0.25, 0.3) is 17.2 Å². The quantitative estimate of drug-likeness (QED) is 0.511. The summed E-state index contributed by atoms with van der Waals surface area (Å²) in [5, 5.41) is 8.99. The zero-order chi connectivity index (χ0) is 21.6. The van der Waals surface area contributed by atoms with Gasteiger partial charge in [-0.3, -0.25) is 4.79 Å². The molecule has 0 atom stereocenters. The first kappa shape index (κ1) is 21.2. The van der Waals surface area contributed by atoms with Gasteiger partial charge in [-0.1, -0.05) is 60.7 Å². The summed E-state index contributed by atoms with van der Waals surface area (Å²) in [7, 11) is 0. The Morgan fingerprint density at radius 2 is 1.70 bits per heavy atom. The summed E-state index contributed by atoms with van der Waals surface area (Å²) in [5.41, 5.74) is 2.32. The standard InChI is InChI=1S/C24H19F3O3/c25-24(26,27)20-12-10-17(11-13-20)6-4-14-30-22-9-2-1-8-21(22)19-7-3-5-18(15-19)16-23(28)29/h1-13,15H,14,16H2,(H,28,29). The average molecular weight is 412 g/mol. The highest BCUT2D eigenvalue weighted by Gasteiger charge is 2.29. The van der Waals surface area contributed by atoms with Crippen LogP contribution in [0.5, 0.6) is 5.75 Å². The second-order valence-corrected chi connectivity index (χ2v) is 6.60. The minimum Gasteiger partial charge on any atom is -0.489 e. The molecule has 0 aliphatic carbocycles. The molecule has 0 heterocycles. The molecule has 0 saturated heterocycles. The Balaban J connectivity index is 1.69. The van der Waals surface area contributed by atoms with Crippen LogP contribution in [-0.2, 0) is 17.4 Å². The van der Waals surface area contributed by atoms with Crippen LogP contribution in [0.4, 0.5) is 13.2 Å². The number of para-hydroxylation sites is 1. The van der Waals surface area contributed by atoms with Crippen molar-refractivity contribution in [3.63, 3.8) is 0 Å². The van der Waals surface area contributed by atoms with Crippen LogP contribution in [0.1, 0.15) is 16.7 Å². The minimum atomic E-state index is -4.35. The smallest absolute Gasteiger partial charge is 0.416 e. The van der Waals surface area contributed by atoms with Crippen LogP contribution >= 0.6 is 0 Å². The molecule has 0 unspecified atom stereocenters. The van der Waals surface area contributed by atoms with Crippen molar-refractivity contribution in [2.24, 2.45) is 0 Å². The number of rotatable bonds is 7. The summed E-state index contributed by atoms with van der Waals surface area (Å²) >= 11 is 0. The molecule has 3 nitrogen and oxygen atoms in total. The van der Waals surface area contributed by atoms with E-state index in [0.717, 1.165) is 23.3 Å². The molecule has 0 spiro atoms. The molecule has 0 aliphatic rings. The van der Waals surface area contributed by atoms with Gasteiger partial charge in [0.25, 0.3) is 0 Å². The third-order valence-corrected chi connectivity index (χ3v) is 4.36. The molecule has 3 aromatic carbocycles. The molecule has 0 saturated carbocycles. The Bertz CT molecular complexity index is 1040. The predicted octanol–water partition coefficient (Wildman–Crippen LogP) is 6.09. The van der Waals surface area contributed by atoms with Crippen LogP contribution in [0.2, 0.25) is 0 Å². The number of hydrogen-bond donors (Lipinski definition) is 1. The first-order valence-electron chi connectivity index (χ1n) is 9.19. The molecular formula is C24H19F3O3. The lowest BCUT2D eigenvalue weighted by Crippen LogP contribution is -2.04. The fraction of sp³-hybridized carbons (Fsp3) is 0.125. The van der Waals surface area contributed by atoms with E-state index in [1.807, 2.05) is 36.4 Å². The lowest BCUT2D eigenvalue weighted by atomic mass is 10.0. The van der Waals surface area contributed by atoms with Crippen LogP contribution in [-0.4, -0.2) is 17.7 Å². The average Bonchev–Trinajstić information content (AvgIpc) is 2.71. The molecule has 3 aromatic rings. The van der Waals surface area contributed by atoms with E-state index < -0.39 is 17.7 Å². The van der Waals surface area contributed by atoms with Gasteiger partial charge < -0.3 is 9.84 Å². The highest BCUT2D eigenvalue weighted by atomic mass is 19.4. The van der Waals surface area contributed by atoms with E-state index >= 15 is 0 Å². The molecule has 6 heteroatoms. The zero-order valence-electron chi connectivity index (χ0n) is 15.9. The van der Waals surface area contributed by atoms with E-state index in [1.165, 1.54) is 12.1 Å². The third-order valence-electron chi connectivity index (χ3n) is 4.36. The number of benzene rings is 3. The second kappa shape index (κ2) is 9.31. The van der Waals surface area contributed by atoms with Crippen LogP contribution in [0.3, 0.4) is 0 Å². The van der Waals surface area contributed by atoms with Gasteiger partial charge in [0.15, 0.2) is 0 Å². The first-order chi connectivity index (χ1) is 14.3. The van der Waals surface area contributed by atoms with Crippen molar-refractivity contribution in [1.82, 2.24) is 0 Å². The summed E-state index contributed by atoms with van der Waals surface area (Å²) in [6.45, 7) is 0.229. The normalized spacial score (nSPS) is 11.6.